The zero-order chi connectivity index (χ0) is 15.8. The van der Waals surface area contributed by atoms with Gasteiger partial charge in [0.1, 0.15) is 0 Å². The third-order valence-corrected chi connectivity index (χ3v) is 4.20. The van der Waals surface area contributed by atoms with Gasteiger partial charge in [-0.2, -0.15) is 0 Å². The zero-order valence-electron chi connectivity index (χ0n) is 13.9. The van der Waals surface area contributed by atoms with E-state index in [1.165, 1.54) is 25.9 Å². The van der Waals surface area contributed by atoms with Crippen LogP contribution in [0.3, 0.4) is 0 Å². The van der Waals surface area contributed by atoms with Gasteiger partial charge in [-0.05, 0) is 69.3 Å². The highest BCUT2D eigenvalue weighted by Crippen LogP contribution is 2.15. The lowest BCUT2D eigenvalue weighted by Crippen LogP contribution is -2.35. The smallest absolute Gasteiger partial charge is 0.319 e. The summed E-state index contributed by atoms with van der Waals surface area (Å²) in [6.07, 6.45) is 4.89. The molecule has 1 heterocycles. The normalized spacial score (nSPS) is 18.9. The molecule has 0 saturated carbocycles. The molecule has 0 radical (unpaired) electrons. The van der Waals surface area contributed by atoms with E-state index in [4.69, 9.17) is 0 Å². The predicted octanol–water partition coefficient (Wildman–Crippen LogP) is 3.63. The third kappa shape index (κ3) is 6.06. The van der Waals surface area contributed by atoms with Crippen LogP contribution in [0.15, 0.2) is 24.3 Å². The van der Waals surface area contributed by atoms with Gasteiger partial charge in [0.15, 0.2) is 0 Å². The molecule has 2 rings (SSSR count). The molecule has 1 aliphatic heterocycles. The van der Waals surface area contributed by atoms with Crippen LogP contribution in [-0.2, 0) is 0 Å². The SMILES string of the molecule is Cc1cccc(NC(=O)NCCCCN2CCCC(C)C2)c1. The summed E-state index contributed by atoms with van der Waals surface area (Å²) in [5.74, 6) is 0.840. The molecule has 1 fully saturated rings. The van der Waals surface area contributed by atoms with Gasteiger partial charge >= 0.3 is 6.03 Å². The van der Waals surface area contributed by atoms with Crippen molar-refractivity contribution in [2.75, 3.05) is 31.5 Å². The Morgan fingerprint density at radius 1 is 1.36 bits per heavy atom. The number of amides is 2. The molecule has 2 N–H and O–H groups in total. The lowest BCUT2D eigenvalue weighted by atomic mass is 10.0. The van der Waals surface area contributed by atoms with Crippen molar-refractivity contribution >= 4 is 11.7 Å². The summed E-state index contributed by atoms with van der Waals surface area (Å²) >= 11 is 0. The van der Waals surface area contributed by atoms with E-state index < -0.39 is 0 Å². The predicted molar refractivity (Wildman–Crippen MR) is 92.3 cm³/mol. The van der Waals surface area contributed by atoms with Crippen molar-refractivity contribution in [3.05, 3.63) is 29.8 Å². The Morgan fingerprint density at radius 3 is 3.00 bits per heavy atom. The lowest BCUT2D eigenvalue weighted by molar-refractivity contribution is 0.181. The summed E-state index contributed by atoms with van der Waals surface area (Å²) < 4.78 is 0. The number of nitrogens with zero attached hydrogens (tertiary/aromatic N) is 1. The number of nitrogens with one attached hydrogen (secondary N) is 2. The van der Waals surface area contributed by atoms with Gasteiger partial charge in [0, 0.05) is 18.8 Å². The molecule has 1 atom stereocenters. The Morgan fingerprint density at radius 2 is 2.23 bits per heavy atom. The number of benzene rings is 1. The second kappa shape index (κ2) is 8.79. The largest absolute Gasteiger partial charge is 0.338 e. The van der Waals surface area contributed by atoms with Crippen LogP contribution >= 0.6 is 0 Å². The number of unbranched alkanes of at least 4 members (excludes halogenated alkanes) is 1. The average Bonchev–Trinajstić information content (AvgIpc) is 2.47. The lowest BCUT2D eigenvalue weighted by Gasteiger charge is -2.30. The summed E-state index contributed by atoms with van der Waals surface area (Å²) in [4.78, 5) is 14.4. The van der Waals surface area contributed by atoms with E-state index in [1.807, 2.05) is 31.2 Å². The molecule has 1 aromatic carbocycles. The van der Waals surface area contributed by atoms with Crippen LogP contribution in [0.2, 0.25) is 0 Å². The maximum atomic E-state index is 11.8. The molecule has 1 aliphatic rings. The fourth-order valence-corrected chi connectivity index (χ4v) is 3.05. The maximum Gasteiger partial charge on any atom is 0.319 e. The first-order chi connectivity index (χ1) is 10.6. The Bertz CT molecular complexity index is 475. The molecule has 1 unspecified atom stereocenters. The van der Waals surface area contributed by atoms with Crippen molar-refractivity contribution in [3.63, 3.8) is 0 Å². The second-order valence-electron chi connectivity index (χ2n) is 6.51. The van der Waals surface area contributed by atoms with E-state index >= 15 is 0 Å². The summed E-state index contributed by atoms with van der Waals surface area (Å²) in [5.41, 5.74) is 1.99. The first-order valence-electron chi connectivity index (χ1n) is 8.47. The minimum absolute atomic E-state index is 0.114. The number of likely N-dealkylation sites (tertiary alicyclic amines) is 1. The highest BCUT2D eigenvalue weighted by molar-refractivity contribution is 5.89. The summed E-state index contributed by atoms with van der Waals surface area (Å²) in [6, 6.07) is 7.73. The Balaban J connectivity index is 1.55. The molecule has 0 aromatic heterocycles. The van der Waals surface area contributed by atoms with Crippen LogP contribution in [0.25, 0.3) is 0 Å². The topological polar surface area (TPSA) is 44.4 Å². The highest BCUT2D eigenvalue weighted by Gasteiger charge is 2.15. The first-order valence-corrected chi connectivity index (χ1v) is 8.47. The molecule has 1 saturated heterocycles. The van der Waals surface area contributed by atoms with Gasteiger partial charge < -0.3 is 15.5 Å². The number of piperidine rings is 1. The number of urea groups is 1. The first kappa shape index (κ1) is 16.8. The van der Waals surface area contributed by atoms with Crippen LogP contribution < -0.4 is 10.6 Å². The molecule has 2 amide bonds. The average molecular weight is 303 g/mol. The molecule has 0 aliphatic carbocycles. The number of anilines is 1. The van der Waals surface area contributed by atoms with Crippen LogP contribution in [-0.4, -0.2) is 37.1 Å². The Hall–Kier alpha value is -1.55. The second-order valence-corrected chi connectivity index (χ2v) is 6.51. The monoisotopic (exact) mass is 303 g/mol. The molecular weight excluding hydrogens is 274 g/mol. The van der Waals surface area contributed by atoms with Crippen molar-refractivity contribution in [3.8, 4) is 0 Å². The van der Waals surface area contributed by atoms with Crippen LogP contribution in [0.1, 0.15) is 38.2 Å². The highest BCUT2D eigenvalue weighted by atomic mass is 16.2. The van der Waals surface area contributed by atoms with E-state index in [-0.39, 0.29) is 6.03 Å². The van der Waals surface area contributed by atoms with E-state index in [9.17, 15) is 4.79 Å². The Kier molecular flexibility index (Phi) is 6.72. The molecule has 0 spiro atoms. The fourth-order valence-electron chi connectivity index (χ4n) is 3.05. The number of rotatable bonds is 6. The minimum atomic E-state index is -0.114. The van der Waals surface area contributed by atoms with Crippen LogP contribution in [0, 0.1) is 12.8 Å². The maximum absolute atomic E-state index is 11.8. The summed E-state index contributed by atoms with van der Waals surface area (Å²) in [5, 5.41) is 5.80. The number of carbonyl (C=O) groups excluding carboxylic acids is 1. The quantitative estimate of drug-likeness (QED) is 0.788. The van der Waals surface area contributed by atoms with Crippen molar-refractivity contribution in [1.29, 1.82) is 0 Å². The molecule has 122 valence electrons. The number of carbonyl (C=O) groups is 1. The third-order valence-electron chi connectivity index (χ3n) is 4.20. The van der Waals surface area contributed by atoms with Gasteiger partial charge in [0.25, 0.3) is 0 Å². The number of hydrogen-bond acceptors (Lipinski definition) is 2. The van der Waals surface area contributed by atoms with Gasteiger partial charge in [-0.3, -0.25) is 0 Å². The van der Waals surface area contributed by atoms with E-state index in [2.05, 4.69) is 22.5 Å². The number of aryl methyl sites for hydroxylation is 1. The van der Waals surface area contributed by atoms with Crippen molar-refractivity contribution in [2.45, 2.75) is 39.5 Å². The van der Waals surface area contributed by atoms with Crippen molar-refractivity contribution in [1.82, 2.24) is 10.2 Å². The molecule has 4 nitrogen and oxygen atoms in total. The van der Waals surface area contributed by atoms with Crippen LogP contribution in [0.5, 0.6) is 0 Å². The van der Waals surface area contributed by atoms with Gasteiger partial charge in [-0.15, -0.1) is 0 Å². The van der Waals surface area contributed by atoms with Gasteiger partial charge in [0.2, 0.25) is 0 Å². The van der Waals surface area contributed by atoms with Crippen molar-refractivity contribution < 1.29 is 4.79 Å². The molecule has 0 bridgehead atoms. The zero-order valence-corrected chi connectivity index (χ0v) is 13.9. The summed E-state index contributed by atoms with van der Waals surface area (Å²) in [7, 11) is 0. The van der Waals surface area contributed by atoms with E-state index in [0.29, 0.717) is 0 Å². The van der Waals surface area contributed by atoms with Gasteiger partial charge in [0.05, 0.1) is 0 Å². The standard InChI is InChI=1S/C18H29N3O/c1-15-7-5-9-17(13-15)20-18(22)19-10-3-4-11-21-12-6-8-16(2)14-21/h5,7,9,13,16H,3-4,6,8,10-12,14H2,1-2H3,(H2,19,20,22). The van der Waals surface area contributed by atoms with Gasteiger partial charge in [-0.1, -0.05) is 19.1 Å². The molecule has 22 heavy (non-hydrogen) atoms. The van der Waals surface area contributed by atoms with E-state index in [0.717, 1.165) is 43.1 Å². The molecule has 4 heteroatoms. The fraction of sp³-hybridized carbons (Fsp3) is 0.611. The van der Waals surface area contributed by atoms with Crippen LogP contribution in [0.4, 0.5) is 10.5 Å². The minimum Gasteiger partial charge on any atom is -0.338 e. The molecular formula is C18H29N3O. The van der Waals surface area contributed by atoms with Crippen molar-refractivity contribution in [2.24, 2.45) is 5.92 Å². The molecule has 1 aromatic rings. The Labute approximate surface area is 134 Å². The summed E-state index contributed by atoms with van der Waals surface area (Å²) in [6.45, 7) is 8.73. The van der Waals surface area contributed by atoms with E-state index in [1.54, 1.807) is 0 Å². The number of hydrogen-bond donors (Lipinski definition) is 2. The van der Waals surface area contributed by atoms with Gasteiger partial charge in [-0.25, -0.2) is 4.79 Å².